The first-order valence-electron chi connectivity index (χ1n) is 11.8. The van der Waals surface area contributed by atoms with E-state index in [2.05, 4.69) is 32.8 Å². The van der Waals surface area contributed by atoms with E-state index in [4.69, 9.17) is 44.9 Å². The Morgan fingerprint density at radius 3 is 2.68 bits per heavy atom. The molecule has 1 aliphatic rings. The second kappa shape index (κ2) is 10.9. The highest BCUT2D eigenvalue weighted by Gasteiger charge is 2.36. The summed E-state index contributed by atoms with van der Waals surface area (Å²) in [5.41, 5.74) is 4.55. The zero-order valence-corrected chi connectivity index (χ0v) is 24.7. The first-order chi connectivity index (χ1) is 17.8. The van der Waals surface area contributed by atoms with Gasteiger partial charge in [-0.2, -0.15) is 5.10 Å². The average molecular weight is 640 g/mol. The van der Waals surface area contributed by atoms with Crippen molar-refractivity contribution in [2.75, 3.05) is 5.01 Å². The molecular weight excluding hydrogens is 617 g/mol. The molecule has 0 fully saturated rings. The summed E-state index contributed by atoms with van der Waals surface area (Å²) < 4.78 is 0.549. The highest BCUT2D eigenvalue weighted by Crippen LogP contribution is 2.44. The third-order valence-electron chi connectivity index (χ3n) is 6.31. The zero-order chi connectivity index (χ0) is 26.3. The number of hydrogen-bond donors (Lipinski definition) is 2. The van der Waals surface area contributed by atoms with E-state index in [9.17, 15) is 5.11 Å². The quantitative estimate of drug-likeness (QED) is 0.212. The number of rotatable bonds is 7. The lowest BCUT2D eigenvalue weighted by molar-refractivity contribution is 0.470. The first kappa shape index (κ1) is 26.5. The van der Waals surface area contributed by atoms with E-state index in [0.717, 1.165) is 47.6 Å². The molecule has 0 saturated heterocycles. The van der Waals surface area contributed by atoms with Crippen LogP contribution in [-0.4, -0.2) is 25.8 Å². The second-order valence-corrected chi connectivity index (χ2v) is 11.6. The molecule has 0 bridgehead atoms. The van der Waals surface area contributed by atoms with Crippen molar-refractivity contribution in [3.63, 3.8) is 0 Å². The van der Waals surface area contributed by atoms with Crippen LogP contribution in [0.3, 0.4) is 0 Å². The van der Waals surface area contributed by atoms with Crippen LogP contribution in [0.2, 0.25) is 15.2 Å². The number of aromatic nitrogens is 3. The average Bonchev–Trinajstić information content (AvgIpc) is 3.62. The number of nitrogens with zero attached hydrogens (tertiary/aromatic N) is 4. The van der Waals surface area contributed by atoms with E-state index < -0.39 is 0 Å². The predicted octanol–water partition coefficient (Wildman–Crippen LogP) is 8.97. The van der Waals surface area contributed by atoms with Crippen molar-refractivity contribution in [3.05, 3.63) is 78.0 Å². The van der Waals surface area contributed by atoms with Crippen LogP contribution in [0, 0.1) is 6.92 Å². The molecule has 2 aromatic carbocycles. The van der Waals surface area contributed by atoms with Gasteiger partial charge in [0.05, 0.1) is 21.6 Å². The molecule has 1 atom stereocenters. The molecule has 3 heterocycles. The third kappa shape index (κ3) is 5.27. The summed E-state index contributed by atoms with van der Waals surface area (Å²) in [5.74, 6) is 0.946. The van der Waals surface area contributed by atoms with E-state index >= 15 is 0 Å². The van der Waals surface area contributed by atoms with E-state index in [0.29, 0.717) is 42.5 Å². The molecule has 1 aliphatic heterocycles. The molecule has 2 N–H and O–H groups in total. The first-order valence-corrected chi connectivity index (χ1v) is 14.6. The summed E-state index contributed by atoms with van der Waals surface area (Å²) in [5, 5.41) is 22.0. The summed E-state index contributed by atoms with van der Waals surface area (Å²) in [6.07, 6.45) is 3.37. The monoisotopic (exact) mass is 637 g/mol. The fraction of sp³-hybridized carbons (Fsp3) is 0.269. The number of nitrogens with one attached hydrogen (secondary N) is 1. The number of imidazole rings is 1. The Morgan fingerprint density at radius 1 is 1.19 bits per heavy atom. The Kier molecular flexibility index (Phi) is 7.84. The fourth-order valence-electron chi connectivity index (χ4n) is 4.22. The number of unbranched alkanes of at least 4 members (excludes halogenated alkanes) is 1. The van der Waals surface area contributed by atoms with Gasteiger partial charge in [0.25, 0.3) is 0 Å². The van der Waals surface area contributed by atoms with E-state index in [-0.39, 0.29) is 11.8 Å². The molecule has 5 rings (SSSR count). The number of benzene rings is 2. The Balaban J connectivity index is 1.57. The van der Waals surface area contributed by atoms with Crippen molar-refractivity contribution in [1.29, 1.82) is 0 Å². The van der Waals surface area contributed by atoms with Gasteiger partial charge >= 0.3 is 0 Å². The molecule has 0 aliphatic carbocycles. The highest BCUT2D eigenvalue weighted by atomic mass is 79.9. The number of phenols is 1. The smallest absolute Gasteiger partial charge is 0.207 e. The van der Waals surface area contributed by atoms with Crippen molar-refractivity contribution in [2.24, 2.45) is 5.10 Å². The molecule has 0 amide bonds. The molecule has 0 radical (unpaired) electrons. The minimum Gasteiger partial charge on any atom is -0.506 e. The van der Waals surface area contributed by atoms with Crippen molar-refractivity contribution in [1.82, 2.24) is 15.0 Å². The number of aromatic amines is 1. The zero-order valence-electron chi connectivity index (χ0n) is 20.0. The van der Waals surface area contributed by atoms with E-state index in [1.165, 1.54) is 11.3 Å². The second-order valence-electron chi connectivity index (χ2n) is 8.82. The molecule has 11 heteroatoms. The molecule has 192 valence electrons. The number of aryl methyl sites for hydroxylation is 1. The Labute approximate surface area is 242 Å². The van der Waals surface area contributed by atoms with Gasteiger partial charge in [-0.3, -0.25) is 0 Å². The van der Waals surface area contributed by atoms with Gasteiger partial charge in [-0.25, -0.2) is 15.0 Å². The number of anilines is 1. The third-order valence-corrected chi connectivity index (χ3v) is 9.04. The van der Waals surface area contributed by atoms with Crippen LogP contribution >= 0.6 is 62.1 Å². The fourth-order valence-corrected chi connectivity index (χ4v) is 6.20. The number of H-pyrrole nitrogens is 1. The van der Waals surface area contributed by atoms with Gasteiger partial charge in [-0.1, -0.05) is 60.3 Å². The van der Waals surface area contributed by atoms with E-state index in [1.54, 1.807) is 6.07 Å². The maximum absolute atomic E-state index is 10.9. The number of hydrazone groups is 1. The molecule has 6 nitrogen and oxygen atoms in total. The topological polar surface area (TPSA) is 77.4 Å². The van der Waals surface area contributed by atoms with Crippen LogP contribution < -0.4 is 5.01 Å². The summed E-state index contributed by atoms with van der Waals surface area (Å²) in [4.78, 5) is 12.9. The van der Waals surface area contributed by atoms with Crippen LogP contribution in [0.1, 0.15) is 54.9 Å². The van der Waals surface area contributed by atoms with Gasteiger partial charge in [0, 0.05) is 39.4 Å². The van der Waals surface area contributed by atoms with Crippen LogP contribution in [0.4, 0.5) is 5.13 Å². The molecular formula is C26H23BrCl3N5OS. The Hall–Kier alpha value is -2.10. The summed E-state index contributed by atoms with van der Waals surface area (Å²) in [6, 6.07) is 9.02. The lowest BCUT2D eigenvalue weighted by Gasteiger charge is -2.20. The number of hydrogen-bond acceptors (Lipinski definition) is 6. The molecule has 0 saturated carbocycles. The van der Waals surface area contributed by atoms with Gasteiger partial charge < -0.3 is 10.1 Å². The molecule has 4 aromatic rings. The predicted molar refractivity (Wildman–Crippen MR) is 157 cm³/mol. The SMILES string of the molecule is CCCCc1nc(Cl)c(C2CC(c3cc(Cl)c(C)c(Br)c3O)=NN2c2nc(-c3ccc(Cl)cc3)cs2)[nH]1. The summed E-state index contributed by atoms with van der Waals surface area (Å²) in [6.45, 7) is 3.99. The lowest BCUT2D eigenvalue weighted by Crippen LogP contribution is -2.19. The van der Waals surface area contributed by atoms with Crippen molar-refractivity contribution >= 4 is 72.9 Å². The van der Waals surface area contributed by atoms with Crippen molar-refractivity contribution < 1.29 is 5.11 Å². The Bertz CT molecular complexity index is 1480. The van der Waals surface area contributed by atoms with Gasteiger partial charge in [-0.05, 0) is 53.0 Å². The van der Waals surface area contributed by atoms with Crippen molar-refractivity contribution in [2.45, 2.75) is 45.6 Å². The van der Waals surface area contributed by atoms with Gasteiger partial charge in [0.2, 0.25) is 5.13 Å². The maximum Gasteiger partial charge on any atom is 0.207 e. The summed E-state index contributed by atoms with van der Waals surface area (Å²) >= 11 is 24.1. The number of halogens is 4. The molecule has 2 aromatic heterocycles. The molecule has 1 unspecified atom stereocenters. The van der Waals surface area contributed by atoms with E-state index in [1.807, 2.05) is 41.6 Å². The number of thiazole rings is 1. The van der Waals surface area contributed by atoms with Crippen LogP contribution in [0.5, 0.6) is 5.75 Å². The minimum absolute atomic E-state index is 0.0987. The highest BCUT2D eigenvalue weighted by molar-refractivity contribution is 9.10. The summed E-state index contributed by atoms with van der Waals surface area (Å²) in [7, 11) is 0. The van der Waals surface area contributed by atoms with Crippen LogP contribution in [0.15, 0.2) is 45.3 Å². The maximum atomic E-state index is 10.9. The largest absolute Gasteiger partial charge is 0.506 e. The van der Waals surface area contributed by atoms with Crippen LogP contribution in [-0.2, 0) is 6.42 Å². The molecule has 0 spiro atoms. The van der Waals surface area contributed by atoms with Gasteiger partial charge in [0.15, 0.2) is 5.15 Å². The lowest BCUT2D eigenvalue weighted by atomic mass is 10.0. The van der Waals surface area contributed by atoms with Gasteiger partial charge in [0.1, 0.15) is 17.6 Å². The number of aromatic hydroxyl groups is 1. The minimum atomic E-state index is -0.284. The molecule has 37 heavy (non-hydrogen) atoms. The standard InChI is InChI=1S/C26H23BrCl3N5OS/c1-3-4-5-21-32-23(25(30)33-21)20-11-18(16-10-17(29)13(2)22(27)24(16)36)34-35(20)26-31-19(12-37-26)14-6-8-15(28)9-7-14/h6-10,12,20,36H,3-5,11H2,1-2H3,(H,32,33). The van der Waals surface area contributed by atoms with Gasteiger partial charge in [-0.15, -0.1) is 11.3 Å². The van der Waals surface area contributed by atoms with Crippen LogP contribution in [0.25, 0.3) is 11.3 Å². The Morgan fingerprint density at radius 2 is 1.95 bits per heavy atom. The number of phenolic OH excluding ortho intramolecular Hbond substituents is 1. The van der Waals surface area contributed by atoms with Crippen molar-refractivity contribution in [3.8, 4) is 17.0 Å². The normalized spacial score (nSPS) is 15.5.